The van der Waals surface area contributed by atoms with Crippen LogP contribution < -0.4 is 0 Å². The van der Waals surface area contributed by atoms with Gasteiger partial charge in [0.1, 0.15) is 0 Å². The van der Waals surface area contributed by atoms with Crippen molar-refractivity contribution in [3.05, 3.63) is 61.3 Å². The fraction of sp³-hybridized carbons (Fsp3) is 0.480. The first-order valence-corrected chi connectivity index (χ1v) is 12.9. The van der Waals surface area contributed by atoms with E-state index in [9.17, 15) is 9.59 Å². The van der Waals surface area contributed by atoms with Crippen LogP contribution in [0.1, 0.15) is 60.4 Å². The Balaban J connectivity index is 1.54. The molecule has 0 radical (unpaired) electrons. The second kappa shape index (κ2) is 10.7. The zero-order valence-electron chi connectivity index (χ0n) is 18.6. The van der Waals surface area contributed by atoms with Crippen LogP contribution in [0.4, 0.5) is 0 Å². The molecule has 0 spiro atoms. The number of likely N-dealkylation sites (tertiary alicyclic amines) is 1. The van der Waals surface area contributed by atoms with Crippen LogP contribution in [0.25, 0.3) is 0 Å². The fourth-order valence-corrected chi connectivity index (χ4v) is 6.19. The monoisotopic (exact) mass is 552 g/mol. The highest BCUT2D eigenvalue weighted by Crippen LogP contribution is 2.46. The number of hydrogen-bond acceptors (Lipinski definition) is 4. The summed E-state index contributed by atoms with van der Waals surface area (Å²) in [4.78, 5) is 30.7. The number of benzene rings is 1. The van der Waals surface area contributed by atoms with Gasteiger partial charge in [0.25, 0.3) is 0 Å². The Labute approximate surface area is 212 Å². The van der Waals surface area contributed by atoms with Crippen LogP contribution in [0.5, 0.6) is 0 Å². The largest absolute Gasteiger partial charge is 0.469 e. The molecule has 33 heavy (non-hydrogen) atoms. The number of carbonyl (C=O) groups excluding carboxylic acids is 2. The maximum atomic E-state index is 12.7. The average Bonchev–Trinajstić information content (AvgIpc) is 2.95. The first-order chi connectivity index (χ1) is 15.9. The highest BCUT2D eigenvalue weighted by atomic mass is 79.9. The lowest BCUT2D eigenvalue weighted by Gasteiger charge is -2.37. The number of piperidine rings is 1. The summed E-state index contributed by atoms with van der Waals surface area (Å²) in [5.74, 6) is 0.230. The lowest BCUT2D eigenvalue weighted by atomic mass is 9.76. The van der Waals surface area contributed by atoms with Crippen LogP contribution in [-0.2, 0) is 27.2 Å². The number of carbonyl (C=O) groups is 2. The van der Waals surface area contributed by atoms with Crippen molar-refractivity contribution in [2.24, 2.45) is 5.92 Å². The molecule has 1 atom stereocenters. The molecule has 2 heterocycles. The molecule has 1 saturated heterocycles. The Morgan fingerprint density at radius 3 is 2.58 bits per heavy atom. The normalized spacial score (nSPS) is 18.3. The average molecular weight is 554 g/mol. The number of amides is 1. The van der Waals surface area contributed by atoms with Crippen LogP contribution in [0, 0.1) is 5.92 Å². The van der Waals surface area contributed by atoms with Gasteiger partial charge in [0.15, 0.2) is 0 Å². The van der Waals surface area contributed by atoms with Crippen molar-refractivity contribution in [3.8, 4) is 0 Å². The van der Waals surface area contributed by atoms with E-state index < -0.39 is 0 Å². The summed E-state index contributed by atoms with van der Waals surface area (Å²) in [5, 5.41) is 1.35. The third kappa shape index (κ3) is 5.55. The predicted molar refractivity (Wildman–Crippen MR) is 133 cm³/mol. The van der Waals surface area contributed by atoms with Crippen LogP contribution >= 0.6 is 39.1 Å². The minimum atomic E-state index is -0.275. The molecule has 8 heteroatoms. The molecule has 2 aliphatic rings. The Hall–Kier alpha value is -1.63. The second-order valence-corrected chi connectivity index (χ2v) is 10.5. The molecular weight excluding hydrogens is 527 g/mol. The van der Waals surface area contributed by atoms with E-state index in [1.165, 1.54) is 18.2 Å². The van der Waals surface area contributed by atoms with Gasteiger partial charge < -0.3 is 9.64 Å². The van der Waals surface area contributed by atoms with Crippen LogP contribution in [0.15, 0.2) is 28.9 Å². The molecule has 176 valence electrons. The summed E-state index contributed by atoms with van der Waals surface area (Å²) in [6.07, 6.45) is 6.54. The van der Waals surface area contributed by atoms with E-state index in [-0.39, 0.29) is 24.2 Å². The van der Waals surface area contributed by atoms with Gasteiger partial charge in [-0.15, -0.1) is 0 Å². The molecule has 1 aliphatic heterocycles. The summed E-state index contributed by atoms with van der Waals surface area (Å²) in [6, 6.07) is 6.03. The molecule has 0 bridgehead atoms. The minimum absolute atomic E-state index is 0.0759. The van der Waals surface area contributed by atoms with E-state index in [2.05, 4.69) is 26.7 Å². The summed E-state index contributed by atoms with van der Waals surface area (Å²) in [5.41, 5.74) is 4.65. The molecule has 4 rings (SSSR count). The summed E-state index contributed by atoms with van der Waals surface area (Å²) in [6.45, 7) is 1.40. The first-order valence-electron chi connectivity index (χ1n) is 11.3. The quantitative estimate of drug-likeness (QED) is 0.428. The van der Waals surface area contributed by atoms with Gasteiger partial charge in [-0.1, -0.05) is 23.2 Å². The topological polar surface area (TPSA) is 59.5 Å². The van der Waals surface area contributed by atoms with Crippen molar-refractivity contribution in [2.45, 2.75) is 50.9 Å². The molecule has 1 aromatic carbocycles. The molecule has 2 aromatic rings. The highest BCUT2D eigenvalue weighted by Gasteiger charge is 2.36. The van der Waals surface area contributed by atoms with Gasteiger partial charge in [-0.05, 0) is 88.8 Å². The van der Waals surface area contributed by atoms with Crippen molar-refractivity contribution in [1.82, 2.24) is 9.88 Å². The number of hydrogen-bond donors (Lipinski definition) is 0. The molecular formula is C25H27BrCl2N2O3. The molecule has 1 unspecified atom stereocenters. The standard InChI is InChI=1S/C25H27BrCl2N2O3/c1-33-22(32)4-2-3-21(31)30-9-7-15(8-10-30)24-23-16(12-19(27)13-20(23)28)5-6-17-11-18(26)14-29-25(17)24/h11-15,24H,2-10H2,1H3. The highest BCUT2D eigenvalue weighted by molar-refractivity contribution is 9.10. The van der Waals surface area contributed by atoms with Gasteiger partial charge in [-0.2, -0.15) is 0 Å². The van der Waals surface area contributed by atoms with Gasteiger partial charge in [0, 0.05) is 52.6 Å². The Bertz CT molecular complexity index is 1050. The van der Waals surface area contributed by atoms with Crippen LogP contribution in [-0.4, -0.2) is 42.0 Å². The molecule has 1 aromatic heterocycles. The van der Waals surface area contributed by atoms with Gasteiger partial charge >= 0.3 is 5.97 Å². The third-order valence-electron chi connectivity index (χ3n) is 6.78. The van der Waals surface area contributed by atoms with E-state index in [4.69, 9.17) is 28.2 Å². The summed E-state index contributed by atoms with van der Waals surface area (Å²) in [7, 11) is 1.37. The number of halogens is 3. The van der Waals surface area contributed by atoms with Crippen molar-refractivity contribution >= 4 is 51.0 Å². The lowest BCUT2D eigenvalue weighted by Crippen LogP contribution is -2.40. The Kier molecular flexibility index (Phi) is 7.98. The Morgan fingerprint density at radius 2 is 1.85 bits per heavy atom. The zero-order chi connectivity index (χ0) is 23.5. The van der Waals surface area contributed by atoms with E-state index >= 15 is 0 Å². The maximum Gasteiger partial charge on any atom is 0.305 e. The van der Waals surface area contributed by atoms with E-state index in [1.807, 2.05) is 23.2 Å². The molecule has 1 fully saturated rings. The van der Waals surface area contributed by atoms with Crippen LogP contribution in [0.2, 0.25) is 10.0 Å². The van der Waals surface area contributed by atoms with Gasteiger partial charge in [-0.25, -0.2) is 0 Å². The number of nitrogens with zero attached hydrogens (tertiary/aromatic N) is 2. The predicted octanol–water partition coefficient (Wildman–Crippen LogP) is 5.96. The first kappa shape index (κ1) is 24.5. The zero-order valence-corrected chi connectivity index (χ0v) is 21.7. The van der Waals surface area contributed by atoms with E-state index in [0.717, 1.165) is 41.4 Å². The number of ether oxygens (including phenoxy) is 1. The number of esters is 1. The number of aryl methyl sites for hydroxylation is 2. The second-order valence-electron chi connectivity index (χ2n) is 8.78. The van der Waals surface area contributed by atoms with Gasteiger partial charge in [0.05, 0.1) is 12.8 Å². The van der Waals surface area contributed by atoms with Crippen LogP contribution in [0.3, 0.4) is 0 Å². The third-order valence-corrected chi connectivity index (χ3v) is 7.74. The van der Waals surface area contributed by atoms with Crippen molar-refractivity contribution in [2.75, 3.05) is 20.2 Å². The number of fused-ring (bicyclic) bond motifs is 2. The number of rotatable bonds is 5. The molecule has 0 N–H and O–H groups in total. The summed E-state index contributed by atoms with van der Waals surface area (Å²) >= 11 is 16.7. The smallest absolute Gasteiger partial charge is 0.305 e. The number of aromatic nitrogens is 1. The van der Waals surface area contributed by atoms with Gasteiger partial charge in [-0.3, -0.25) is 14.6 Å². The van der Waals surface area contributed by atoms with E-state index in [1.54, 1.807) is 0 Å². The Morgan fingerprint density at radius 1 is 1.12 bits per heavy atom. The van der Waals surface area contributed by atoms with Crippen molar-refractivity contribution < 1.29 is 14.3 Å². The summed E-state index contributed by atoms with van der Waals surface area (Å²) < 4.78 is 5.63. The molecule has 1 amide bonds. The van der Waals surface area contributed by atoms with E-state index in [0.29, 0.717) is 41.9 Å². The fourth-order valence-electron chi connectivity index (χ4n) is 5.16. The van der Waals surface area contributed by atoms with Crippen molar-refractivity contribution in [1.29, 1.82) is 0 Å². The minimum Gasteiger partial charge on any atom is -0.469 e. The number of methoxy groups -OCH3 is 1. The molecule has 5 nitrogen and oxygen atoms in total. The molecule has 1 aliphatic carbocycles. The SMILES string of the molecule is COC(=O)CCCC(=O)N1CCC(C2c3ncc(Br)cc3CCc3cc(Cl)cc(Cl)c32)CC1. The number of pyridine rings is 1. The molecule has 0 saturated carbocycles. The van der Waals surface area contributed by atoms with Crippen molar-refractivity contribution in [3.63, 3.8) is 0 Å². The lowest BCUT2D eigenvalue weighted by molar-refractivity contribution is -0.141. The maximum absolute atomic E-state index is 12.7. The van der Waals surface area contributed by atoms with Gasteiger partial charge in [0.2, 0.25) is 5.91 Å².